The summed E-state index contributed by atoms with van der Waals surface area (Å²) in [6, 6.07) is 13.7. The van der Waals surface area contributed by atoms with E-state index in [0.29, 0.717) is 16.9 Å². The van der Waals surface area contributed by atoms with Crippen molar-refractivity contribution >= 4 is 18.2 Å². The van der Waals surface area contributed by atoms with Crippen molar-refractivity contribution < 1.29 is 24.2 Å². The predicted molar refractivity (Wildman–Crippen MR) is 91.8 cm³/mol. The number of hydrogen-bond donors (Lipinski definition) is 1. The Morgan fingerprint density at radius 3 is 2.52 bits per heavy atom. The van der Waals surface area contributed by atoms with E-state index in [4.69, 9.17) is 9.84 Å². The number of hydrogen-bond acceptors (Lipinski definition) is 4. The molecule has 0 saturated carbocycles. The Bertz CT molecular complexity index is 755. The average Bonchev–Trinajstić information content (AvgIpc) is 2.64. The van der Waals surface area contributed by atoms with Gasteiger partial charge in [0, 0.05) is 24.7 Å². The molecule has 0 atom stereocenters. The molecule has 0 aliphatic carbocycles. The molecule has 0 aromatic heterocycles. The van der Waals surface area contributed by atoms with Crippen molar-refractivity contribution in [2.75, 3.05) is 13.6 Å². The van der Waals surface area contributed by atoms with Crippen LogP contribution in [0.5, 0.6) is 5.75 Å². The van der Waals surface area contributed by atoms with Crippen molar-refractivity contribution in [2.24, 2.45) is 0 Å². The van der Waals surface area contributed by atoms with Crippen LogP contribution in [-0.4, -0.2) is 41.8 Å². The summed E-state index contributed by atoms with van der Waals surface area (Å²) >= 11 is 0. The second-order valence-corrected chi connectivity index (χ2v) is 5.55. The molecule has 0 bridgehead atoms. The van der Waals surface area contributed by atoms with Gasteiger partial charge in [0.05, 0.1) is 6.42 Å². The maximum absolute atomic E-state index is 12.3. The van der Waals surface area contributed by atoms with E-state index >= 15 is 0 Å². The summed E-state index contributed by atoms with van der Waals surface area (Å²) in [7, 11) is 1.57. The van der Waals surface area contributed by atoms with Crippen molar-refractivity contribution in [2.45, 2.75) is 13.0 Å². The molecule has 6 heteroatoms. The van der Waals surface area contributed by atoms with Gasteiger partial charge in [-0.3, -0.25) is 14.4 Å². The fourth-order valence-electron chi connectivity index (χ4n) is 2.19. The van der Waals surface area contributed by atoms with Gasteiger partial charge in [0.2, 0.25) is 0 Å². The number of rotatable bonds is 8. The fraction of sp³-hybridized carbons (Fsp3) is 0.211. The lowest BCUT2D eigenvalue weighted by molar-refractivity contribution is -0.137. The second kappa shape index (κ2) is 8.63. The second-order valence-electron chi connectivity index (χ2n) is 5.55. The standard InChI is InChI=1S/C19H19NO5/c1-20(10-9-18(22)23)19(24)16-4-2-3-15(11-16)13-25-17-7-5-14(12-21)6-8-17/h2-8,11-12H,9-10,13H2,1H3,(H,22,23). The summed E-state index contributed by atoms with van der Waals surface area (Å²) in [6.07, 6.45) is 0.668. The molecule has 0 aliphatic rings. The van der Waals surface area contributed by atoms with Crippen LogP contribution >= 0.6 is 0 Å². The molecule has 0 fully saturated rings. The van der Waals surface area contributed by atoms with Crippen LogP contribution in [0.2, 0.25) is 0 Å². The number of amides is 1. The molecule has 0 aliphatic heterocycles. The topological polar surface area (TPSA) is 83.9 Å². The predicted octanol–water partition coefficient (Wildman–Crippen LogP) is 2.62. The van der Waals surface area contributed by atoms with Gasteiger partial charge in [0.15, 0.2) is 0 Å². The first kappa shape index (κ1) is 18.2. The van der Waals surface area contributed by atoms with Crippen LogP contribution in [-0.2, 0) is 11.4 Å². The van der Waals surface area contributed by atoms with Gasteiger partial charge in [-0.25, -0.2) is 0 Å². The first-order valence-corrected chi connectivity index (χ1v) is 7.74. The maximum Gasteiger partial charge on any atom is 0.305 e. The highest BCUT2D eigenvalue weighted by molar-refractivity contribution is 5.94. The summed E-state index contributed by atoms with van der Waals surface area (Å²) in [5.74, 6) is -0.554. The number of aliphatic carboxylic acids is 1. The Labute approximate surface area is 145 Å². The van der Waals surface area contributed by atoms with Crippen molar-refractivity contribution in [3.8, 4) is 5.75 Å². The van der Waals surface area contributed by atoms with Crippen molar-refractivity contribution in [3.63, 3.8) is 0 Å². The van der Waals surface area contributed by atoms with Gasteiger partial charge >= 0.3 is 5.97 Å². The Morgan fingerprint density at radius 1 is 1.16 bits per heavy atom. The molecule has 2 aromatic rings. The monoisotopic (exact) mass is 341 g/mol. The normalized spacial score (nSPS) is 10.1. The van der Waals surface area contributed by atoms with E-state index in [1.54, 1.807) is 49.5 Å². The lowest BCUT2D eigenvalue weighted by Crippen LogP contribution is -2.29. The minimum absolute atomic E-state index is 0.0954. The quantitative estimate of drug-likeness (QED) is 0.746. The van der Waals surface area contributed by atoms with E-state index in [2.05, 4.69) is 0 Å². The third-order valence-corrected chi connectivity index (χ3v) is 3.60. The molecule has 1 N–H and O–H groups in total. The Hall–Kier alpha value is -3.15. The number of nitrogens with zero attached hydrogens (tertiary/aromatic N) is 1. The molecular formula is C19H19NO5. The van der Waals surface area contributed by atoms with E-state index in [-0.39, 0.29) is 25.5 Å². The van der Waals surface area contributed by atoms with Crippen molar-refractivity contribution in [1.29, 1.82) is 0 Å². The minimum atomic E-state index is -0.942. The molecule has 2 rings (SSSR count). The first-order chi connectivity index (χ1) is 12.0. The molecule has 25 heavy (non-hydrogen) atoms. The first-order valence-electron chi connectivity index (χ1n) is 7.74. The zero-order valence-electron chi connectivity index (χ0n) is 13.8. The zero-order chi connectivity index (χ0) is 18.2. The largest absolute Gasteiger partial charge is 0.489 e. The van der Waals surface area contributed by atoms with Crippen LogP contribution in [0.1, 0.15) is 32.7 Å². The van der Waals surface area contributed by atoms with Crippen LogP contribution in [0, 0.1) is 0 Å². The molecule has 130 valence electrons. The van der Waals surface area contributed by atoms with E-state index in [1.165, 1.54) is 4.90 Å². The number of carbonyl (C=O) groups is 3. The van der Waals surface area contributed by atoms with Crippen LogP contribution in [0.4, 0.5) is 0 Å². The lowest BCUT2D eigenvalue weighted by atomic mass is 10.1. The smallest absolute Gasteiger partial charge is 0.305 e. The van der Waals surface area contributed by atoms with Gasteiger partial charge < -0.3 is 14.7 Å². The molecule has 1 amide bonds. The molecule has 2 aromatic carbocycles. The molecule has 6 nitrogen and oxygen atoms in total. The van der Waals surface area contributed by atoms with Crippen LogP contribution in [0.15, 0.2) is 48.5 Å². The highest BCUT2D eigenvalue weighted by Crippen LogP contribution is 2.15. The molecule has 0 radical (unpaired) electrons. The fourth-order valence-corrected chi connectivity index (χ4v) is 2.19. The van der Waals surface area contributed by atoms with E-state index in [0.717, 1.165) is 11.8 Å². The van der Waals surface area contributed by atoms with Gasteiger partial charge in [0.1, 0.15) is 18.6 Å². The van der Waals surface area contributed by atoms with Crippen molar-refractivity contribution in [1.82, 2.24) is 4.90 Å². The molecule has 0 unspecified atom stereocenters. The Morgan fingerprint density at radius 2 is 1.88 bits per heavy atom. The Kier molecular flexibility index (Phi) is 6.28. The average molecular weight is 341 g/mol. The lowest BCUT2D eigenvalue weighted by Gasteiger charge is -2.16. The number of benzene rings is 2. The molecular weight excluding hydrogens is 322 g/mol. The maximum atomic E-state index is 12.3. The molecule has 0 heterocycles. The zero-order valence-corrected chi connectivity index (χ0v) is 13.8. The van der Waals surface area contributed by atoms with Gasteiger partial charge in [-0.2, -0.15) is 0 Å². The summed E-state index contributed by atoms with van der Waals surface area (Å²) in [6.45, 7) is 0.429. The van der Waals surface area contributed by atoms with Gasteiger partial charge in [-0.15, -0.1) is 0 Å². The van der Waals surface area contributed by atoms with Crippen LogP contribution < -0.4 is 4.74 Å². The Balaban J connectivity index is 1.98. The molecule has 0 spiro atoms. The van der Waals surface area contributed by atoms with Crippen molar-refractivity contribution in [3.05, 3.63) is 65.2 Å². The SMILES string of the molecule is CN(CCC(=O)O)C(=O)c1cccc(COc2ccc(C=O)cc2)c1. The van der Waals surface area contributed by atoms with Gasteiger partial charge in [-0.05, 0) is 42.0 Å². The minimum Gasteiger partial charge on any atom is -0.489 e. The van der Waals surface area contributed by atoms with Crippen LogP contribution in [0.3, 0.4) is 0 Å². The summed E-state index contributed by atoms with van der Waals surface area (Å²) < 4.78 is 5.65. The van der Waals surface area contributed by atoms with Gasteiger partial charge in [0.25, 0.3) is 5.91 Å². The highest BCUT2D eigenvalue weighted by Gasteiger charge is 2.13. The summed E-state index contributed by atoms with van der Waals surface area (Å²) in [5, 5.41) is 8.70. The number of carboxylic acids is 1. The molecule has 0 saturated heterocycles. The van der Waals surface area contributed by atoms with E-state index in [9.17, 15) is 14.4 Å². The number of carboxylic acid groups (broad SMARTS) is 1. The van der Waals surface area contributed by atoms with E-state index < -0.39 is 5.97 Å². The summed E-state index contributed by atoms with van der Waals surface area (Å²) in [4.78, 5) is 34.9. The third kappa shape index (κ3) is 5.46. The third-order valence-electron chi connectivity index (χ3n) is 3.60. The highest BCUT2D eigenvalue weighted by atomic mass is 16.5. The number of aldehydes is 1. The van der Waals surface area contributed by atoms with Crippen LogP contribution in [0.25, 0.3) is 0 Å². The summed E-state index contributed by atoms with van der Waals surface area (Å²) in [5.41, 5.74) is 1.87. The number of carbonyl (C=O) groups excluding carboxylic acids is 2. The number of ether oxygens (including phenoxy) is 1. The van der Waals surface area contributed by atoms with E-state index in [1.807, 2.05) is 6.07 Å². The van der Waals surface area contributed by atoms with Gasteiger partial charge in [-0.1, -0.05) is 12.1 Å².